The second-order valence-electron chi connectivity index (χ2n) is 2.57. The van der Waals surface area contributed by atoms with E-state index in [0.717, 1.165) is 0 Å². The Kier molecular flexibility index (Phi) is 5.12. The Bertz CT molecular complexity index is 413. The Morgan fingerprint density at radius 3 is 1.44 bits per heavy atom. The fraction of sp³-hybridized carbons (Fsp3) is 0. The zero-order valence-electron chi connectivity index (χ0n) is 7.81. The minimum absolute atomic E-state index is 0.588. The summed E-state index contributed by atoms with van der Waals surface area (Å²) >= 11 is -4.94. The summed E-state index contributed by atoms with van der Waals surface area (Å²) < 4.78 is 46.8. The second kappa shape index (κ2) is 6.38. The van der Waals surface area contributed by atoms with Gasteiger partial charge in [-0.3, -0.25) is 8.42 Å². The molecule has 0 N–H and O–H groups in total. The molecule has 0 heterocycles. The lowest BCUT2D eigenvalue weighted by Gasteiger charge is -1.98. The Balaban J connectivity index is 2.75. The van der Waals surface area contributed by atoms with Crippen LogP contribution in [0.2, 0.25) is 0 Å². The van der Waals surface area contributed by atoms with Gasteiger partial charge in [0.15, 0.2) is 0 Å². The van der Waals surface area contributed by atoms with Crippen molar-refractivity contribution in [1.82, 2.24) is 0 Å². The lowest BCUT2D eigenvalue weighted by Crippen LogP contribution is -1.88. The van der Waals surface area contributed by atoms with Crippen molar-refractivity contribution < 1.29 is 17.5 Å². The van der Waals surface area contributed by atoms with Crippen LogP contribution in [0.15, 0.2) is 33.1 Å². The molecule has 0 aromatic heterocycles. The minimum atomic E-state index is -2.47. The molecule has 1 aromatic rings. The van der Waals surface area contributed by atoms with Crippen molar-refractivity contribution >= 4 is 35.0 Å². The molecule has 0 radical (unpaired) electrons. The van der Waals surface area contributed by atoms with Gasteiger partial charge in [-0.25, -0.2) is 8.80 Å². The zero-order valence-corrected chi connectivity index (χ0v) is 9.44. The predicted molar refractivity (Wildman–Crippen MR) is 59.5 cm³/mol. The van der Waals surface area contributed by atoms with E-state index in [0.29, 0.717) is 11.1 Å². The third-order valence-electron chi connectivity index (χ3n) is 1.51. The lowest BCUT2D eigenvalue weighted by atomic mass is 10.2. The van der Waals surface area contributed by atoms with E-state index >= 15 is 0 Å². The molecule has 86 valence electrons. The lowest BCUT2D eigenvalue weighted by molar-refractivity contribution is 0.537. The third kappa shape index (κ3) is 5.03. The van der Waals surface area contributed by atoms with Crippen molar-refractivity contribution in [3.05, 3.63) is 35.4 Å². The van der Waals surface area contributed by atoms with Crippen molar-refractivity contribution in [1.29, 1.82) is 0 Å². The molecule has 0 aliphatic rings. The van der Waals surface area contributed by atoms with Crippen LogP contribution in [0.3, 0.4) is 0 Å². The van der Waals surface area contributed by atoms with Gasteiger partial charge in [0.05, 0.1) is 22.5 Å². The van der Waals surface area contributed by atoms with Crippen LogP contribution in [-0.4, -0.2) is 30.0 Å². The van der Waals surface area contributed by atoms with Crippen LogP contribution in [0, 0.1) is 0 Å². The van der Waals surface area contributed by atoms with Crippen molar-refractivity contribution in [2.24, 2.45) is 8.80 Å². The fourth-order valence-electron chi connectivity index (χ4n) is 0.876. The molecule has 1 rings (SSSR count). The smallest absolute Gasteiger partial charge is 0.0676 e. The molecule has 6 nitrogen and oxygen atoms in total. The van der Waals surface area contributed by atoms with Crippen LogP contribution < -0.4 is 0 Å². The van der Waals surface area contributed by atoms with Gasteiger partial charge in [-0.05, 0) is 11.1 Å². The Hall–Kier alpha value is -1.22. The summed E-state index contributed by atoms with van der Waals surface area (Å²) in [6, 6.07) is 6.35. The summed E-state index contributed by atoms with van der Waals surface area (Å²) in [5.74, 6) is 0. The van der Waals surface area contributed by atoms with Crippen molar-refractivity contribution in [3.8, 4) is 0 Å². The van der Waals surface area contributed by atoms with Gasteiger partial charge in [-0.15, -0.1) is 0 Å². The largest absolute Gasteiger partial charge is 0.754 e. The van der Waals surface area contributed by atoms with E-state index < -0.39 is 22.5 Å². The third-order valence-corrected chi connectivity index (χ3v) is 2.07. The molecule has 0 spiro atoms. The highest BCUT2D eigenvalue weighted by molar-refractivity contribution is 7.78. The van der Waals surface area contributed by atoms with Crippen LogP contribution in [0.4, 0.5) is 0 Å². The van der Waals surface area contributed by atoms with Gasteiger partial charge >= 0.3 is 0 Å². The van der Waals surface area contributed by atoms with E-state index in [9.17, 15) is 17.5 Å². The maximum Gasteiger partial charge on any atom is 0.0676 e. The normalized spacial score (nSPS) is 15.6. The van der Waals surface area contributed by atoms with Crippen molar-refractivity contribution in [2.75, 3.05) is 0 Å². The summed E-state index contributed by atoms with van der Waals surface area (Å²) in [6.07, 6.45) is 2.35. The van der Waals surface area contributed by atoms with E-state index in [1.54, 1.807) is 24.3 Å². The van der Waals surface area contributed by atoms with Gasteiger partial charge in [0.2, 0.25) is 0 Å². The highest BCUT2D eigenvalue weighted by atomic mass is 32.2. The van der Waals surface area contributed by atoms with Crippen LogP contribution in [0.5, 0.6) is 0 Å². The monoisotopic (exact) mass is 258 g/mol. The standard InChI is InChI=1S/C8H8N2O4S2/c11-15(12)9-5-7-1-2-8(4-3-7)6-10-16(13)14/h1-6H,(H,11,12)(H,13,14)/p-2. The molecule has 0 saturated heterocycles. The van der Waals surface area contributed by atoms with Crippen LogP contribution >= 0.6 is 0 Å². The summed E-state index contributed by atoms with van der Waals surface area (Å²) in [5, 5.41) is 0. The molecule has 2 atom stereocenters. The van der Waals surface area contributed by atoms with Crippen molar-refractivity contribution in [3.63, 3.8) is 0 Å². The number of benzene rings is 1. The number of rotatable bonds is 4. The molecule has 0 aliphatic carbocycles. The molecule has 16 heavy (non-hydrogen) atoms. The predicted octanol–water partition coefficient (Wildman–Crippen LogP) is 0.113. The first-order valence-electron chi connectivity index (χ1n) is 3.95. The minimum Gasteiger partial charge on any atom is -0.754 e. The van der Waals surface area contributed by atoms with Crippen molar-refractivity contribution in [2.45, 2.75) is 0 Å². The summed E-state index contributed by atoms with van der Waals surface area (Å²) in [4.78, 5) is 0. The maximum absolute atomic E-state index is 10.1. The van der Waals surface area contributed by atoms with Gasteiger partial charge in [0.1, 0.15) is 0 Å². The topological polar surface area (TPSA) is 105 Å². The van der Waals surface area contributed by atoms with E-state index in [1.807, 2.05) is 0 Å². The Labute approximate surface area is 97.0 Å². The van der Waals surface area contributed by atoms with Gasteiger partial charge in [0, 0.05) is 12.4 Å². The first kappa shape index (κ1) is 12.8. The number of hydrogen-bond donors (Lipinski definition) is 0. The van der Waals surface area contributed by atoms with Crippen LogP contribution in [0.1, 0.15) is 11.1 Å². The average Bonchev–Trinajstić information content (AvgIpc) is 2.25. The molecule has 0 fully saturated rings. The molecule has 2 unspecified atom stereocenters. The van der Waals surface area contributed by atoms with Gasteiger partial charge in [0.25, 0.3) is 0 Å². The van der Waals surface area contributed by atoms with E-state index in [1.165, 1.54) is 12.4 Å². The van der Waals surface area contributed by atoms with Gasteiger partial charge < -0.3 is 9.11 Å². The average molecular weight is 258 g/mol. The molecule has 8 heteroatoms. The zero-order chi connectivity index (χ0) is 12.0. The molecular weight excluding hydrogens is 252 g/mol. The Morgan fingerprint density at radius 1 is 0.875 bits per heavy atom. The van der Waals surface area contributed by atoms with Crippen LogP contribution in [0.25, 0.3) is 0 Å². The molecular formula is C8H6N2O4S2-2. The van der Waals surface area contributed by atoms with E-state index in [4.69, 9.17) is 0 Å². The molecule has 0 bridgehead atoms. The first-order valence-corrected chi connectivity index (χ1v) is 6.01. The van der Waals surface area contributed by atoms with Gasteiger partial charge in [-0.2, -0.15) is 0 Å². The van der Waals surface area contributed by atoms with Gasteiger partial charge in [-0.1, -0.05) is 24.3 Å². The fourth-order valence-corrected chi connectivity index (χ4v) is 1.29. The summed E-state index contributed by atoms with van der Waals surface area (Å²) in [5.41, 5.74) is 1.18. The highest BCUT2D eigenvalue weighted by Crippen LogP contribution is 2.00. The van der Waals surface area contributed by atoms with E-state index in [2.05, 4.69) is 8.80 Å². The molecule has 0 aliphatic heterocycles. The summed E-state index contributed by atoms with van der Waals surface area (Å²) in [6.45, 7) is 0. The highest BCUT2D eigenvalue weighted by Gasteiger charge is 1.89. The molecule has 0 saturated carbocycles. The number of nitrogens with zero attached hydrogens (tertiary/aromatic N) is 2. The van der Waals surface area contributed by atoms with E-state index in [-0.39, 0.29) is 0 Å². The summed E-state index contributed by atoms with van der Waals surface area (Å²) in [7, 11) is 0. The first-order chi connectivity index (χ1) is 7.58. The van der Waals surface area contributed by atoms with Crippen LogP contribution in [-0.2, 0) is 22.5 Å². The Morgan fingerprint density at radius 2 is 1.19 bits per heavy atom. The quantitative estimate of drug-likeness (QED) is 0.564. The maximum atomic E-state index is 10.1. The second-order valence-corrected chi connectivity index (χ2v) is 3.86. The SMILES string of the molecule is O=S([O-])N=Cc1ccc(C=NS(=O)[O-])cc1. The molecule has 1 aromatic carbocycles. The molecule has 0 amide bonds. The number of hydrogen-bond acceptors (Lipinski definition) is 4.